The average molecular weight is 412 g/mol. The molecule has 29 heavy (non-hydrogen) atoms. The van der Waals surface area contributed by atoms with Crippen molar-refractivity contribution in [3.8, 4) is 11.3 Å². The van der Waals surface area contributed by atoms with Crippen LogP contribution in [0.5, 0.6) is 0 Å². The van der Waals surface area contributed by atoms with E-state index in [9.17, 15) is 13.5 Å². The number of nitrogens with one attached hydrogen (secondary N) is 1. The highest BCUT2D eigenvalue weighted by atomic mass is 32.2. The van der Waals surface area contributed by atoms with E-state index < -0.39 is 10.0 Å². The van der Waals surface area contributed by atoms with Crippen LogP contribution >= 0.6 is 0 Å². The number of hydrogen-bond acceptors (Lipinski definition) is 4. The normalized spacial score (nSPS) is 20.3. The second-order valence-corrected chi connectivity index (χ2v) is 9.93. The third-order valence-corrected chi connectivity index (χ3v) is 8.02. The summed E-state index contributed by atoms with van der Waals surface area (Å²) in [5.74, 6) is 0.259. The highest BCUT2D eigenvalue weighted by molar-refractivity contribution is 7.89. The molecule has 0 spiro atoms. The third-order valence-electron chi connectivity index (χ3n) is 6.13. The molecule has 2 fully saturated rings. The lowest BCUT2D eigenvalue weighted by molar-refractivity contribution is 0.238. The van der Waals surface area contributed by atoms with Gasteiger partial charge >= 0.3 is 0 Å². The molecule has 3 aromatic rings. The number of H-pyrrole nitrogens is 1. The molecule has 6 nitrogen and oxygen atoms in total. The summed E-state index contributed by atoms with van der Waals surface area (Å²) < 4.78 is 27.5. The van der Waals surface area contributed by atoms with E-state index in [-0.39, 0.29) is 12.5 Å². The van der Waals surface area contributed by atoms with Gasteiger partial charge in [-0.05, 0) is 43.2 Å². The lowest BCUT2D eigenvalue weighted by Crippen LogP contribution is -2.41. The number of sulfonamides is 1. The molecule has 7 heteroatoms. The van der Waals surface area contributed by atoms with Crippen molar-refractivity contribution >= 4 is 26.6 Å². The van der Waals surface area contributed by atoms with E-state index in [0.717, 1.165) is 53.8 Å². The molecule has 5 rings (SSSR count). The van der Waals surface area contributed by atoms with Crippen molar-refractivity contribution < 1.29 is 13.5 Å². The van der Waals surface area contributed by atoms with E-state index in [0.29, 0.717) is 18.0 Å². The summed E-state index contributed by atoms with van der Waals surface area (Å²) in [5.41, 5.74) is 3.84. The first-order chi connectivity index (χ1) is 14.1. The van der Waals surface area contributed by atoms with Crippen LogP contribution in [0.4, 0.5) is 5.69 Å². The zero-order valence-corrected chi connectivity index (χ0v) is 17.0. The fourth-order valence-electron chi connectivity index (χ4n) is 4.26. The van der Waals surface area contributed by atoms with E-state index in [1.54, 1.807) is 12.1 Å². The summed E-state index contributed by atoms with van der Waals surface area (Å²) in [5, 5.41) is 10.6. The van der Waals surface area contributed by atoms with E-state index >= 15 is 0 Å². The summed E-state index contributed by atoms with van der Waals surface area (Å²) in [6, 6.07) is 15.6. The molecule has 1 aromatic heterocycles. The first-order valence-corrected chi connectivity index (χ1v) is 11.6. The van der Waals surface area contributed by atoms with Crippen LogP contribution in [0.1, 0.15) is 12.8 Å². The number of benzene rings is 2. The number of para-hydroxylation sites is 1. The molecule has 2 aliphatic rings. The molecule has 152 valence electrons. The Balaban J connectivity index is 1.63. The van der Waals surface area contributed by atoms with Gasteiger partial charge in [-0.3, -0.25) is 0 Å². The van der Waals surface area contributed by atoms with Gasteiger partial charge in [0.05, 0.1) is 4.90 Å². The van der Waals surface area contributed by atoms with Gasteiger partial charge in [0.1, 0.15) is 0 Å². The fraction of sp³-hybridized carbons (Fsp3) is 0.364. The maximum absolute atomic E-state index is 13.0. The number of aromatic amines is 1. The van der Waals surface area contributed by atoms with Gasteiger partial charge in [-0.2, -0.15) is 4.31 Å². The molecule has 2 N–H and O–H groups in total. The maximum Gasteiger partial charge on any atom is 0.243 e. The molecule has 0 aliphatic carbocycles. The van der Waals surface area contributed by atoms with Crippen molar-refractivity contribution in [3.05, 3.63) is 48.5 Å². The minimum absolute atomic E-state index is 0.180. The molecule has 1 unspecified atom stereocenters. The monoisotopic (exact) mass is 411 g/mol. The highest BCUT2D eigenvalue weighted by Crippen LogP contribution is 2.37. The standard InChI is InChI=1S/C22H25N3O3S/c26-15-16-8-11-24(14-16)22-7-6-18(29(27,28)25-9-3-10-25)13-19(22)21-12-17-4-1-2-5-20(17)23-21/h1-2,4-7,12-13,16,23,26H,3,8-11,14-15H2. The van der Waals surface area contributed by atoms with Crippen LogP contribution < -0.4 is 4.90 Å². The number of aliphatic hydroxyl groups excluding tert-OH is 1. The Hall–Kier alpha value is -2.35. The van der Waals surface area contributed by atoms with Crippen molar-refractivity contribution in [1.29, 1.82) is 0 Å². The Morgan fingerprint density at radius 1 is 1.07 bits per heavy atom. The van der Waals surface area contributed by atoms with Gasteiger partial charge in [-0.25, -0.2) is 8.42 Å². The lowest BCUT2D eigenvalue weighted by atomic mass is 10.1. The van der Waals surface area contributed by atoms with Crippen molar-refractivity contribution in [1.82, 2.24) is 9.29 Å². The molecule has 2 aliphatic heterocycles. The van der Waals surface area contributed by atoms with Crippen molar-refractivity contribution in [2.45, 2.75) is 17.7 Å². The summed E-state index contributed by atoms with van der Waals surface area (Å²) in [7, 11) is -3.46. The molecule has 0 saturated carbocycles. The second-order valence-electron chi connectivity index (χ2n) is 7.99. The van der Waals surface area contributed by atoms with Gasteiger partial charge in [-0.1, -0.05) is 18.2 Å². The van der Waals surface area contributed by atoms with Gasteiger partial charge in [0.25, 0.3) is 0 Å². The molecule has 0 radical (unpaired) electrons. The van der Waals surface area contributed by atoms with Crippen LogP contribution in [0.15, 0.2) is 53.4 Å². The van der Waals surface area contributed by atoms with Gasteiger partial charge in [0.2, 0.25) is 10.0 Å². The Morgan fingerprint density at radius 3 is 2.59 bits per heavy atom. The fourth-order valence-corrected chi connectivity index (χ4v) is 5.81. The highest BCUT2D eigenvalue weighted by Gasteiger charge is 2.31. The summed E-state index contributed by atoms with van der Waals surface area (Å²) in [4.78, 5) is 6.04. The number of aromatic nitrogens is 1. The zero-order valence-electron chi connectivity index (χ0n) is 16.2. The first kappa shape index (κ1) is 18.7. The second kappa shape index (κ2) is 7.16. The van der Waals surface area contributed by atoms with Crippen LogP contribution in [0.2, 0.25) is 0 Å². The molecular formula is C22H25N3O3S. The summed E-state index contributed by atoms with van der Waals surface area (Å²) in [6.07, 6.45) is 1.86. The van der Waals surface area contributed by atoms with Crippen LogP contribution in [0, 0.1) is 5.92 Å². The molecular weight excluding hydrogens is 386 g/mol. The van der Waals surface area contributed by atoms with Gasteiger partial charge in [0, 0.05) is 66.6 Å². The number of rotatable bonds is 5. The number of anilines is 1. The van der Waals surface area contributed by atoms with E-state index in [1.165, 1.54) is 4.31 Å². The Bertz CT molecular complexity index is 1120. The Morgan fingerprint density at radius 2 is 1.90 bits per heavy atom. The summed E-state index contributed by atoms with van der Waals surface area (Å²) >= 11 is 0. The minimum Gasteiger partial charge on any atom is -0.396 e. The van der Waals surface area contributed by atoms with Crippen molar-refractivity contribution in [3.63, 3.8) is 0 Å². The molecule has 3 heterocycles. The predicted octanol–water partition coefficient (Wildman–Crippen LogP) is 3.05. The van der Waals surface area contributed by atoms with Crippen LogP contribution in [-0.4, -0.2) is 55.6 Å². The van der Waals surface area contributed by atoms with E-state index in [1.807, 2.05) is 30.3 Å². The van der Waals surface area contributed by atoms with Crippen LogP contribution in [-0.2, 0) is 10.0 Å². The quantitative estimate of drug-likeness (QED) is 0.677. The van der Waals surface area contributed by atoms with Crippen LogP contribution in [0.3, 0.4) is 0 Å². The SMILES string of the molecule is O=S(=O)(c1ccc(N2CCC(CO)C2)c(-c2cc3ccccc3[nH]2)c1)N1CCC1. The number of aliphatic hydroxyl groups is 1. The van der Waals surface area contributed by atoms with Gasteiger partial charge in [-0.15, -0.1) is 0 Å². The Labute approximate surface area is 170 Å². The molecule has 0 bridgehead atoms. The van der Waals surface area contributed by atoms with Crippen molar-refractivity contribution in [2.75, 3.05) is 37.7 Å². The minimum atomic E-state index is -3.46. The number of hydrogen-bond donors (Lipinski definition) is 2. The third kappa shape index (κ3) is 3.23. The molecule has 1 atom stereocenters. The van der Waals surface area contributed by atoms with Crippen LogP contribution in [0.25, 0.3) is 22.2 Å². The lowest BCUT2D eigenvalue weighted by Gasteiger charge is -2.30. The van der Waals surface area contributed by atoms with Gasteiger partial charge < -0.3 is 15.0 Å². The van der Waals surface area contributed by atoms with Crippen molar-refractivity contribution in [2.24, 2.45) is 5.92 Å². The maximum atomic E-state index is 13.0. The summed E-state index contributed by atoms with van der Waals surface area (Å²) in [6.45, 7) is 3.00. The molecule has 2 saturated heterocycles. The topological polar surface area (TPSA) is 76.6 Å². The molecule has 2 aromatic carbocycles. The van der Waals surface area contributed by atoms with Gasteiger partial charge in [0.15, 0.2) is 0 Å². The Kier molecular flexibility index (Phi) is 4.61. The molecule has 0 amide bonds. The number of fused-ring (bicyclic) bond motifs is 1. The average Bonchev–Trinajstić information content (AvgIpc) is 3.32. The number of nitrogens with zero attached hydrogens (tertiary/aromatic N) is 2. The van der Waals surface area contributed by atoms with E-state index in [4.69, 9.17) is 0 Å². The first-order valence-electron chi connectivity index (χ1n) is 10.1. The largest absolute Gasteiger partial charge is 0.396 e. The van der Waals surface area contributed by atoms with E-state index in [2.05, 4.69) is 16.0 Å². The predicted molar refractivity (Wildman–Crippen MR) is 115 cm³/mol. The zero-order chi connectivity index (χ0) is 20.0. The smallest absolute Gasteiger partial charge is 0.243 e.